The van der Waals surface area contributed by atoms with E-state index in [0.717, 1.165) is 23.6 Å². The predicted octanol–water partition coefficient (Wildman–Crippen LogP) is 6.78. The summed E-state index contributed by atoms with van der Waals surface area (Å²) in [5, 5.41) is 32.7. The molecule has 43 heavy (non-hydrogen) atoms. The number of amides is 1. The number of nitrogens with zero attached hydrogens (tertiary/aromatic N) is 2. The molecule has 8 nitrogen and oxygen atoms in total. The van der Waals surface area contributed by atoms with Crippen molar-refractivity contribution in [2.24, 2.45) is 0 Å². The number of carbonyl (C=O) groups is 1. The van der Waals surface area contributed by atoms with Crippen LogP contribution in [-0.2, 0) is 16.4 Å². The van der Waals surface area contributed by atoms with Gasteiger partial charge in [-0.3, -0.25) is 9.10 Å². The molecule has 0 atom stereocenters. The highest BCUT2D eigenvalue weighted by molar-refractivity contribution is 7.93. The highest BCUT2D eigenvalue weighted by Gasteiger charge is 2.32. The molecule has 0 saturated carbocycles. The van der Waals surface area contributed by atoms with E-state index in [2.05, 4.69) is 12.1 Å². The summed E-state index contributed by atoms with van der Waals surface area (Å²) in [5.41, 5.74) is 2.32. The monoisotopic (exact) mass is 604 g/mol. The number of fused-ring (bicyclic) bond motifs is 1. The van der Waals surface area contributed by atoms with Crippen LogP contribution < -0.4 is 4.31 Å². The first-order valence-corrected chi connectivity index (χ1v) is 16.1. The molecular formula is C34H40N2O6S. The zero-order valence-electron chi connectivity index (χ0n) is 25.1. The van der Waals surface area contributed by atoms with E-state index in [4.69, 9.17) is 0 Å². The van der Waals surface area contributed by atoms with Gasteiger partial charge in [-0.25, -0.2) is 8.42 Å². The minimum absolute atomic E-state index is 0.0532. The second-order valence-electron chi connectivity index (χ2n) is 11.0. The SMILES string of the molecule is CCCN(CCc1ccccc1)C(=O)c1ccc2cc(N(CCC)S(=O)(=O)c3cc(C(C)C)c(O)c(O)c3O)ccc2c1. The zero-order chi connectivity index (χ0) is 31.3. The molecule has 1 amide bonds. The topological polar surface area (TPSA) is 118 Å². The molecule has 0 unspecified atom stereocenters. The van der Waals surface area contributed by atoms with Crippen LogP contribution in [0.4, 0.5) is 5.69 Å². The van der Waals surface area contributed by atoms with Crippen molar-refractivity contribution in [3.8, 4) is 17.2 Å². The summed E-state index contributed by atoms with van der Waals surface area (Å²) in [4.78, 5) is 14.9. The molecule has 0 aliphatic heterocycles. The summed E-state index contributed by atoms with van der Waals surface area (Å²) < 4.78 is 29.0. The Labute approximate surface area is 253 Å². The molecule has 0 fully saturated rings. The van der Waals surface area contributed by atoms with Crippen LogP contribution >= 0.6 is 0 Å². The van der Waals surface area contributed by atoms with Gasteiger partial charge in [-0.2, -0.15) is 0 Å². The van der Waals surface area contributed by atoms with Gasteiger partial charge in [-0.05, 0) is 71.8 Å². The van der Waals surface area contributed by atoms with Gasteiger partial charge >= 0.3 is 0 Å². The molecule has 9 heteroatoms. The first kappa shape index (κ1) is 31.7. The van der Waals surface area contributed by atoms with Gasteiger partial charge in [0.2, 0.25) is 5.75 Å². The molecule has 3 N–H and O–H groups in total. The highest BCUT2D eigenvalue weighted by Crippen LogP contribution is 2.46. The van der Waals surface area contributed by atoms with Crippen LogP contribution in [0.1, 0.15) is 67.9 Å². The maximum atomic E-state index is 13.9. The number of aromatic hydroxyl groups is 3. The van der Waals surface area contributed by atoms with Crippen molar-refractivity contribution in [1.29, 1.82) is 0 Å². The van der Waals surface area contributed by atoms with E-state index < -0.39 is 32.2 Å². The minimum Gasteiger partial charge on any atom is -0.504 e. The Morgan fingerprint density at radius 1 is 0.767 bits per heavy atom. The van der Waals surface area contributed by atoms with Crippen LogP contribution in [0.25, 0.3) is 10.8 Å². The second-order valence-corrected chi connectivity index (χ2v) is 12.8. The van der Waals surface area contributed by atoms with Crippen LogP contribution in [0, 0.1) is 0 Å². The fraction of sp³-hybridized carbons (Fsp3) is 0.324. The molecule has 0 heterocycles. The molecule has 4 aromatic carbocycles. The molecule has 4 aromatic rings. The van der Waals surface area contributed by atoms with Crippen molar-refractivity contribution in [2.75, 3.05) is 23.9 Å². The molecular weight excluding hydrogens is 564 g/mol. The van der Waals surface area contributed by atoms with Crippen LogP contribution in [0.3, 0.4) is 0 Å². The van der Waals surface area contributed by atoms with Crippen LogP contribution in [0.2, 0.25) is 0 Å². The molecule has 228 valence electrons. The lowest BCUT2D eigenvalue weighted by molar-refractivity contribution is 0.0757. The molecule has 0 aliphatic carbocycles. The lowest BCUT2D eigenvalue weighted by atomic mass is 10.0. The third-order valence-electron chi connectivity index (χ3n) is 7.51. The van der Waals surface area contributed by atoms with Crippen molar-refractivity contribution in [2.45, 2.75) is 57.8 Å². The van der Waals surface area contributed by atoms with Crippen LogP contribution in [0.15, 0.2) is 77.7 Å². The number of phenols is 3. The third-order valence-corrected chi connectivity index (χ3v) is 9.35. The van der Waals surface area contributed by atoms with Crippen molar-refractivity contribution in [3.05, 3.63) is 89.5 Å². The maximum absolute atomic E-state index is 13.9. The maximum Gasteiger partial charge on any atom is 0.268 e. The summed E-state index contributed by atoms with van der Waals surface area (Å²) in [5.74, 6) is -2.65. The average molecular weight is 605 g/mol. The number of hydrogen-bond acceptors (Lipinski definition) is 6. The minimum atomic E-state index is -4.33. The summed E-state index contributed by atoms with van der Waals surface area (Å²) in [6.07, 6.45) is 2.09. The van der Waals surface area contributed by atoms with Gasteiger partial charge in [0.15, 0.2) is 11.5 Å². The summed E-state index contributed by atoms with van der Waals surface area (Å²) in [6.45, 7) is 8.76. The van der Waals surface area contributed by atoms with Crippen molar-refractivity contribution >= 4 is 32.4 Å². The Kier molecular flexibility index (Phi) is 9.86. The number of hydrogen-bond donors (Lipinski definition) is 3. The van der Waals surface area contributed by atoms with E-state index in [1.165, 1.54) is 15.9 Å². The highest BCUT2D eigenvalue weighted by atomic mass is 32.2. The van der Waals surface area contributed by atoms with Crippen molar-refractivity contribution in [3.63, 3.8) is 0 Å². The third kappa shape index (κ3) is 6.72. The molecule has 0 aliphatic rings. The van der Waals surface area contributed by atoms with Gasteiger partial charge in [-0.15, -0.1) is 0 Å². The fourth-order valence-electron chi connectivity index (χ4n) is 5.19. The Bertz CT molecular complexity index is 1700. The Morgan fingerprint density at radius 3 is 2.07 bits per heavy atom. The summed E-state index contributed by atoms with van der Waals surface area (Å²) >= 11 is 0. The Hall–Kier alpha value is -4.24. The van der Waals surface area contributed by atoms with E-state index in [0.29, 0.717) is 30.8 Å². The van der Waals surface area contributed by atoms with E-state index in [1.54, 1.807) is 38.1 Å². The average Bonchev–Trinajstić information content (AvgIpc) is 3.00. The van der Waals surface area contributed by atoms with E-state index in [1.807, 2.05) is 49.1 Å². The normalized spacial score (nSPS) is 11.7. The lowest BCUT2D eigenvalue weighted by Gasteiger charge is -2.26. The van der Waals surface area contributed by atoms with Gasteiger partial charge in [0.1, 0.15) is 4.90 Å². The van der Waals surface area contributed by atoms with Crippen LogP contribution in [-0.4, -0.2) is 54.2 Å². The largest absolute Gasteiger partial charge is 0.504 e. The molecule has 0 radical (unpaired) electrons. The predicted molar refractivity (Wildman–Crippen MR) is 171 cm³/mol. The first-order chi connectivity index (χ1) is 20.5. The quantitative estimate of drug-likeness (QED) is 0.153. The first-order valence-electron chi connectivity index (χ1n) is 14.7. The Balaban J connectivity index is 1.66. The molecule has 0 bridgehead atoms. The van der Waals surface area contributed by atoms with E-state index in [9.17, 15) is 28.5 Å². The van der Waals surface area contributed by atoms with Gasteiger partial charge in [-0.1, -0.05) is 70.2 Å². The van der Waals surface area contributed by atoms with E-state index in [-0.39, 0.29) is 23.9 Å². The fourth-order valence-corrected chi connectivity index (χ4v) is 6.86. The summed E-state index contributed by atoms with van der Waals surface area (Å²) in [7, 11) is -4.33. The number of anilines is 1. The van der Waals surface area contributed by atoms with E-state index >= 15 is 0 Å². The molecule has 0 spiro atoms. The Morgan fingerprint density at radius 2 is 1.42 bits per heavy atom. The summed E-state index contributed by atoms with van der Waals surface area (Å²) in [6, 6.07) is 21.9. The zero-order valence-corrected chi connectivity index (χ0v) is 25.9. The number of benzene rings is 4. The van der Waals surface area contributed by atoms with Gasteiger partial charge < -0.3 is 20.2 Å². The smallest absolute Gasteiger partial charge is 0.268 e. The van der Waals surface area contributed by atoms with Crippen LogP contribution in [0.5, 0.6) is 17.2 Å². The number of phenolic OH excluding ortho intramolecular Hbond substituents is 3. The lowest BCUT2D eigenvalue weighted by Crippen LogP contribution is -2.33. The number of rotatable bonds is 12. The van der Waals surface area contributed by atoms with Gasteiger partial charge in [0, 0.05) is 30.8 Å². The van der Waals surface area contributed by atoms with Crippen molar-refractivity contribution in [1.82, 2.24) is 4.90 Å². The number of sulfonamides is 1. The van der Waals surface area contributed by atoms with Crippen molar-refractivity contribution < 1.29 is 28.5 Å². The molecule has 0 saturated heterocycles. The molecule has 4 rings (SSSR count). The van der Waals surface area contributed by atoms with Gasteiger partial charge in [0.25, 0.3) is 15.9 Å². The standard InChI is InChI=1S/C34H40N2O6S/c1-5-17-35(19-16-24-10-8-7-9-11-24)34(40)27-13-12-26-21-28(15-14-25(26)20-27)36(18-6-2)43(41,42)30-22-29(23(3)4)31(37)33(39)32(30)38/h7-15,20-23,37-39H,5-6,16-19H2,1-4H3. The van der Waals surface area contributed by atoms with Gasteiger partial charge in [0.05, 0.1) is 5.69 Å². The second kappa shape index (κ2) is 13.4. The molecule has 0 aromatic heterocycles. The number of carbonyl (C=O) groups excluding carboxylic acids is 1.